The summed E-state index contributed by atoms with van der Waals surface area (Å²) in [7, 11) is 0. The molecule has 3 aromatic carbocycles. The van der Waals surface area contributed by atoms with E-state index in [-0.39, 0.29) is 11.8 Å². The summed E-state index contributed by atoms with van der Waals surface area (Å²) in [4.78, 5) is 24.7. The molecule has 0 fully saturated rings. The van der Waals surface area contributed by atoms with Crippen LogP contribution in [-0.2, 0) is 11.2 Å². The number of amides is 2. The second-order valence-electron chi connectivity index (χ2n) is 6.83. The Hall–Kier alpha value is -3.11. The van der Waals surface area contributed by atoms with Gasteiger partial charge in [0.15, 0.2) is 0 Å². The molecule has 3 aromatic rings. The zero-order valence-electron chi connectivity index (χ0n) is 16.2. The van der Waals surface area contributed by atoms with E-state index in [9.17, 15) is 9.59 Å². The van der Waals surface area contributed by atoms with Crippen molar-refractivity contribution in [3.8, 4) is 0 Å². The molecule has 0 unspecified atom stereocenters. The van der Waals surface area contributed by atoms with Gasteiger partial charge in [-0.25, -0.2) is 0 Å². The summed E-state index contributed by atoms with van der Waals surface area (Å²) in [5, 5.41) is 6.57. The molecule has 0 heterocycles. The monoisotopic (exact) mass is 406 g/mol. The molecule has 0 aliphatic carbocycles. The average Bonchev–Trinajstić information content (AvgIpc) is 2.73. The molecule has 29 heavy (non-hydrogen) atoms. The van der Waals surface area contributed by atoms with Gasteiger partial charge >= 0.3 is 0 Å². The maximum atomic E-state index is 12.4. The molecule has 0 atom stereocenters. The van der Waals surface area contributed by atoms with E-state index in [4.69, 9.17) is 11.6 Å². The van der Waals surface area contributed by atoms with Crippen LogP contribution in [0.4, 0.5) is 11.4 Å². The lowest BCUT2D eigenvalue weighted by Crippen LogP contribution is -2.15. The number of carbonyl (C=O) groups excluding carboxylic acids is 2. The van der Waals surface area contributed by atoms with Crippen molar-refractivity contribution in [2.45, 2.75) is 26.2 Å². The highest BCUT2D eigenvalue weighted by molar-refractivity contribution is 6.30. The van der Waals surface area contributed by atoms with Crippen LogP contribution in [0.3, 0.4) is 0 Å². The highest BCUT2D eigenvalue weighted by atomic mass is 35.5. The van der Waals surface area contributed by atoms with Gasteiger partial charge in [-0.05, 0) is 67.3 Å². The third kappa shape index (κ3) is 5.93. The molecule has 0 saturated heterocycles. The molecule has 0 aromatic heterocycles. The van der Waals surface area contributed by atoms with Gasteiger partial charge in [-0.1, -0.05) is 48.0 Å². The number of hydrogen-bond acceptors (Lipinski definition) is 2. The number of benzene rings is 3. The Morgan fingerprint density at radius 1 is 0.828 bits per heavy atom. The van der Waals surface area contributed by atoms with Gasteiger partial charge in [-0.15, -0.1) is 0 Å². The van der Waals surface area contributed by atoms with Gasteiger partial charge in [0.1, 0.15) is 0 Å². The molecule has 0 spiro atoms. The van der Waals surface area contributed by atoms with E-state index < -0.39 is 0 Å². The minimum Gasteiger partial charge on any atom is -0.326 e. The maximum absolute atomic E-state index is 12.4. The largest absolute Gasteiger partial charge is 0.326 e. The Bertz CT molecular complexity index is 986. The highest BCUT2D eigenvalue weighted by Crippen LogP contribution is 2.24. The van der Waals surface area contributed by atoms with Gasteiger partial charge in [0.2, 0.25) is 5.91 Å². The molecular formula is C24H23ClN2O2. The van der Waals surface area contributed by atoms with Gasteiger partial charge in [0.25, 0.3) is 5.91 Å². The Morgan fingerprint density at radius 2 is 1.48 bits per heavy atom. The van der Waals surface area contributed by atoms with Crippen LogP contribution < -0.4 is 10.6 Å². The summed E-state index contributed by atoms with van der Waals surface area (Å²) in [6, 6.07) is 22.2. The van der Waals surface area contributed by atoms with Crippen LogP contribution >= 0.6 is 11.6 Å². The van der Waals surface area contributed by atoms with Crippen molar-refractivity contribution in [2.24, 2.45) is 0 Å². The fourth-order valence-corrected chi connectivity index (χ4v) is 3.13. The Kier molecular flexibility index (Phi) is 7.04. The Balaban J connectivity index is 1.56. The van der Waals surface area contributed by atoms with E-state index in [1.807, 2.05) is 67.6 Å². The molecular weight excluding hydrogens is 384 g/mol. The predicted octanol–water partition coefficient (Wildman–Crippen LogP) is 5.86. The quantitative estimate of drug-likeness (QED) is 0.516. The van der Waals surface area contributed by atoms with Crippen LogP contribution in [0.25, 0.3) is 0 Å². The first-order chi connectivity index (χ1) is 14.0. The van der Waals surface area contributed by atoms with Crippen molar-refractivity contribution in [3.05, 3.63) is 94.5 Å². The molecule has 5 heteroatoms. The summed E-state index contributed by atoms with van der Waals surface area (Å²) < 4.78 is 0. The summed E-state index contributed by atoms with van der Waals surface area (Å²) in [5.74, 6) is -0.228. The normalized spacial score (nSPS) is 10.4. The van der Waals surface area contributed by atoms with Crippen molar-refractivity contribution in [1.82, 2.24) is 0 Å². The maximum Gasteiger partial charge on any atom is 0.255 e. The number of halogens is 1. The molecule has 0 aliphatic rings. The van der Waals surface area contributed by atoms with Crippen LogP contribution in [0.2, 0.25) is 5.02 Å². The van der Waals surface area contributed by atoms with Crippen LogP contribution in [0.1, 0.15) is 34.3 Å². The number of nitrogens with one attached hydrogen (secondary N) is 2. The van der Waals surface area contributed by atoms with Crippen LogP contribution in [0.5, 0.6) is 0 Å². The minimum atomic E-state index is -0.180. The van der Waals surface area contributed by atoms with Crippen LogP contribution in [-0.4, -0.2) is 11.8 Å². The highest BCUT2D eigenvalue weighted by Gasteiger charge is 2.11. The lowest BCUT2D eigenvalue weighted by Gasteiger charge is -2.13. The number of hydrogen-bond donors (Lipinski definition) is 2. The molecule has 0 radical (unpaired) electrons. The lowest BCUT2D eigenvalue weighted by molar-refractivity contribution is -0.116. The first-order valence-corrected chi connectivity index (χ1v) is 9.91. The second kappa shape index (κ2) is 9.89. The third-order valence-corrected chi connectivity index (χ3v) is 4.93. The fraction of sp³-hybridized carbons (Fsp3) is 0.167. The van der Waals surface area contributed by atoms with Crippen LogP contribution in [0.15, 0.2) is 72.8 Å². The SMILES string of the molecule is Cc1c(NC(=O)CCCc2ccc(Cl)cc2)cccc1NC(=O)c1ccccc1. The van der Waals surface area contributed by atoms with E-state index in [1.165, 1.54) is 0 Å². The first kappa shape index (κ1) is 20.6. The van der Waals surface area contributed by atoms with Gasteiger partial charge in [0.05, 0.1) is 0 Å². The zero-order chi connectivity index (χ0) is 20.6. The van der Waals surface area contributed by atoms with Crippen molar-refractivity contribution >= 4 is 34.8 Å². The molecule has 2 amide bonds. The smallest absolute Gasteiger partial charge is 0.255 e. The van der Waals surface area contributed by atoms with Crippen LogP contribution in [0, 0.1) is 6.92 Å². The zero-order valence-corrected chi connectivity index (χ0v) is 17.0. The second-order valence-corrected chi connectivity index (χ2v) is 7.26. The summed E-state index contributed by atoms with van der Waals surface area (Å²) in [6.45, 7) is 1.88. The number of anilines is 2. The van der Waals surface area contributed by atoms with E-state index in [0.29, 0.717) is 28.4 Å². The third-order valence-electron chi connectivity index (χ3n) is 4.67. The van der Waals surface area contributed by atoms with E-state index in [2.05, 4.69) is 10.6 Å². The summed E-state index contributed by atoms with van der Waals surface area (Å²) >= 11 is 5.89. The Morgan fingerprint density at radius 3 is 2.17 bits per heavy atom. The lowest BCUT2D eigenvalue weighted by atomic mass is 10.1. The topological polar surface area (TPSA) is 58.2 Å². The number of rotatable bonds is 7. The van der Waals surface area contributed by atoms with Crippen molar-refractivity contribution in [2.75, 3.05) is 10.6 Å². The van der Waals surface area contributed by atoms with Gasteiger partial charge in [-0.2, -0.15) is 0 Å². The molecule has 3 rings (SSSR count). The molecule has 0 bridgehead atoms. The molecule has 2 N–H and O–H groups in total. The Labute approximate surface area is 175 Å². The van der Waals surface area contributed by atoms with Gasteiger partial charge < -0.3 is 10.6 Å². The van der Waals surface area contributed by atoms with Crippen molar-refractivity contribution in [1.29, 1.82) is 0 Å². The van der Waals surface area contributed by atoms with E-state index >= 15 is 0 Å². The standard InChI is InChI=1S/C24H23ClN2O2/c1-17-21(26-23(28)12-5-7-18-13-15-20(25)16-14-18)10-6-11-22(17)27-24(29)19-8-3-2-4-9-19/h2-4,6,8-11,13-16H,5,7,12H2,1H3,(H,26,28)(H,27,29). The summed E-state index contributed by atoms with van der Waals surface area (Å²) in [6.07, 6.45) is 1.98. The number of carbonyl (C=O) groups is 2. The van der Waals surface area contributed by atoms with Gasteiger partial charge in [-0.3, -0.25) is 9.59 Å². The molecule has 0 aliphatic heterocycles. The molecule has 148 valence electrons. The van der Waals surface area contributed by atoms with Gasteiger partial charge in [0, 0.05) is 28.4 Å². The van der Waals surface area contributed by atoms with Crippen molar-refractivity contribution in [3.63, 3.8) is 0 Å². The molecule has 0 saturated carbocycles. The average molecular weight is 407 g/mol. The van der Waals surface area contributed by atoms with E-state index in [0.717, 1.165) is 24.0 Å². The fourth-order valence-electron chi connectivity index (χ4n) is 3.01. The number of aryl methyl sites for hydroxylation is 1. The minimum absolute atomic E-state index is 0.0476. The molecule has 4 nitrogen and oxygen atoms in total. The predicted molar refractivity (Wildman–Crippen MR) is 119 cm³/mol. The first-order valence-electron chi connectivity index (χ1n) is 9.53. The van der Waals surface area contributed by atoms with Crippen molar-refractivity contribution < 1.29 is 9.59 Å². The summed E-state index contributed by atoms with van der Waals surface area (Å²) in [5.41, 5.74) is 3.94. The van der Waals surface area contributed by atoms with E-state index in [1.54, 1.807) is 12.1 Å².